The van der Waals surface area contributed by atoms with Gasteiger partial charge >= 0.3 is 17.9 Å². The van der Waals surface area contributed by atoms with Crippen LogP contribution in [0.1, 0.15) is 266 Å². The summed E-state index contributed by atoms with van der Waals surface area (Å²) in [5, 5.41) is 0. The molecule has 326 valence electrons. The summed E-state index contributed by atoms with van der Waals surface area (Å²) in [6.07, 6.45) is 40.9. The van der Waals surface area contributed by atoms with Gasteiger partial charge in [-0.25, -0.2) is 0 Å². The zero-order chi connectivity index (χ0) is 40.5. The van der Waals surface area contributed by atoms with E-state index in [9.17, 15) is 14.4 Å². The van der Waals surface area contributed by atoms with E-state index in [1.165, 1.54) is 154 Å². The second-order valence-electron chi connectivity index (χ2n) is 17.7. The van der Waals surface area contributed by atoms with Crippen molar-refractivity contribution in [3.63, 3.8) is 0 Å². The van der Waals surface area contributed by atoms with Crippen LogP contribution < -0.4 is 0 Å². The quantitative estimate of drug-likeness (QED) is 0.0348. The van der Waals surface area contributed by atoms with Crippen molar-refractivity contribution < 1.29 is 28.6 Å². The van der Waals surface area contributed by atoms with Crippen LogP contribution in [0.2, 0.25) is 0 Å². The average Bonchev–Trinajstić information content (AvgIpc) is 3.15. The second-order valence-corrected chi connectivity index (χ2v) is 17.7. The van der Waals surface area contributed by atoms with Gasteiger partial charge in [0.1, 0.15) is 13.2 Å². The molecule has 6 heteroatoms. The van der Waals surface area contributed by atoms with Gasteiger partial charge in [-0.15, -0.1) is 0 Å². The molecule has 1 atom stereocenters. The van der Waals surface area contributed by atoms with Crippen LogP contribution in [0.15, 0.2) is 0 Å². The third-order valence-corrected chi connectivity index (χ3v) is 11.0. The first kappa shape index (κ1) is 53.4. The Morgan fingerprint density at radius 2 is 0.600 bits per heavy atom. The SMILES string of the molecule is CCCCCCCCCCCCCCC(=O)O[C@H](COC(=O)CCCCCCCCCCCCCCC(C)C)COC(=O)CCCCCCCCCC(C)C. The van der Waals surface area contributed by atoms with E-state index in [4.69, 9.17) is 14.2 Å². The first-order valence-electron chi connectivity index (χ1n) is 24.2. The third kappa shape index (κ3) is 43.4. The van der Waals surface area contributed by atoms with E-state index < -0.39 is 6.10 Å². The predicted octanol–water partition coefficient (Wildman–Crippen LogP) is 15.4. The van der Waals surface area contributed by atoms with Crippen LogP contribution in [0.3, 0.4) is 0 Å². The number of unbranched alkanes of at least 4 members (excludes halogenated alkanes) is 28. The van der Waals surface area contributed by atoms with Crippen molar-refractivity contribution in [1.82, 2.24) is 0 Å². The number of carbonyl (C=O) groups is 3. The molecule has 0 aromatic heterocycles. The Morgan fingerprint density at radius 3 is 0.891 bits per heavy atom. The first-order chi connectivity index (χ1) is 26.7. The van der Waals surface area contributed by atoms with E-state index in [2.05, 4.69) is 34.6 Å². The molecule has 0 spiro atoms. The zero-order valence-electron chi connectivity index (χ0n) is 37.6. The predicted molar refractivity (Wildman–Crippen MR) is 233 cm³/mol. The van der Waals surface area contributed by atoms with Gasteiger partial charge in [0.25, 0.3) is 0 Å². The molecule has 0 aliphatic carbocycles. The highest BCUT2D eigenvalue weighted by atomic mass is 16.6. The van der Waals surface area contributed by atoms with Gasteiger partial charge in [-0.1, -0.05) is 227 Å². The fourth-order valence-corrected chi connectivity index (χ4v) is 7.28. The van der Waals surface area contributed by atoms with Crippen LogP contribution in [0.4, 0.5) is 0 Å². The molecule has 55 heavy (non-hydrogen) atoms. The smallest absolute Gasteiger partial charge is 0.306 e. The minimum atomic E-state index is -0.761. The van der Waals surface area contributed by atoms with Crippen molar-refractivity contribution in [1.29, 1.82) is 0 Å². The second kappa shape index (κ2) is 42.0. The highest BCUT2D eigenvalue weighted by Crippen LogP contribution is 2.17. The van der Waals surface area contributed by atoms with Crippen molar-refractivity contribution in [3.05, 3.63) is 0 Å². The summed E-state index contributed by atoms with van der Waals surface area (Å²) in [7, 11) is 0. The van der Waals surface area contributed by atoms with E-state index in [0.29, 0.717) is 19.3 Å². The topological polar surface area (TPSA) is 78.9 Å². The van der Waals surface area contributed by atoms with Crippen LogP contribution in [-0.4, -0.2) is 37.2 Å². The lowest BCUT2D eigenvalue weighted by Gasteiger charge is -2.18. The number of esters is 3. The molecule has 0 bridgehead atoms. The Bertz CT molecular complexity index is 839. The molecular weight excluding hydrogens is 685 g/mol. The van der Waals surface area contributed by atoms with Crippen molar-refractivity contribution >= 4 is 17.9 Å². The summed E-state index contributed by atoms with van der Waals surface area (Å²) in [4.78, 5) is 37.8. The standard InChI is InChI=1S/C49H94O6/c1-6-7-8-9-10-11-12-16-20-25-31-36-41-49(52)55-46(43-54-48(51)40-35-30-26-21-23-28-33-38-45(4)5)42-53-47(50)39-34-29-24-19-17-14-13-15-18-22-27-32-37-44(2)3/h44-46H,6-43H2,1-5H3/t46-/m1/s1. The van der Waals surface area contributed by atoms with Crippen LogP contribution in [0.25, 0.3) is 0 Å². The Balaban J connectivity index is 4.30. The third-order valence-electron chi connectivity index (χ3n) is 11.0. The van der Waals surface area contributed by atoms with Gasteiger partial charge < -0.3 is 14.2 Å². The molecule has 0 saturated heterocycles. The van der Waals surface area contributed by atoms with E-state index >= 15 is 0 Å². The fourth-order valence-electron chi connectivity index (χ4n) is 7.28. The van der Waals surface area contributed by atoms with Crippen LogP contribution in [0, 0.1) is 11.8 Å². The maximum atomic E-state index is 12.7. The van der Waals surface area contributed by atoms with E-state index in [1.807, 2.05) is 0 Å². The first-order valence-corrected chi connectivity index (χ1v) is 24.2. The molecular formula is C49H94O6. The minimum Gasteiger partial charge on any atom is -0.462 e. The summed E-state index contributed by atoms with van der Waals surface area (Å²) in [5.41, 5.74) is 0. The summed E-state index contributed by atoms with van der Waals surface area (Å²) < 4.78 is 16.7. The normalized spacial score (nSPS) is 12.1. The van der Waals surface area contributed by atoms with Crippen LogP contribution in [-0.2, 0) is 28.6 Å². The van der Waals surface area contributed by atoms with Gasteiger partial charge in [0.2, 0.25) is 0 Å². The van der Waals surface area contributed by atoms with Crippen molar-refractivity contribution in [2.24, 2.45) is 11.8 Å². The van der Waals surface area contributed by atoms with Crippen molar-refractivity contribution in [3.8, 4) is 0 Å². The largest absolute Gasteiger partial charge is 0.462 e. The number of hydrogen-bond acceptors (Lipinski definition) is 6. The van der Waals surface area contributed by atoms with E-state index in [0.717, 1.165) is 69.6 Å². The number of ether oxygens (including phenoxy) is 3. The monoisotopic (exact) mass is 779 g/mol. The molecule has 0 aromatic rings. The van der Waals surface area contributed by atoms with E-state index in [-0.39, 0.29) is 31.1 Å². The summed E-state index contributed by atoms with van der Waals surface area (Å²) in [5.74, 6) is 0.760. The Morgan fingerprint density at radius 1 is 0.345 bits per heavy atom. The maximum Gasteiger partial charge on any atom is 0.306 e. The lowest BCUT2D eigenvalue weighted by Crippen LogP contribution is -2.30. The maximum absolute atomic E-state index is 12.7. The molecule has 6 nitrogen and oxygen atoms in total. The van der Waals surface area contributed by atoms with Crippen molar-refractivity contribution in [2.75, 3.05) is 13.2 Å². The number of carbonyl (C=O) groups excluding carboxylic acids is 3. The molecule has 0 radical (unpaired) electrons. The van der Waals surface area contributed by atoms with Gasteiger partial charge in [0, 0.05) is 19.3 Å². The van der Waals surface area contributed by atoms with Crippen LogP contribution >= 0.6 is 0 Å². The molecule has 0 saturated carbocycles. The van der Waals surface area contributed by atoms with E-state index in [1.54, 1.807) is 0 Å². The molecule has 0 N–H and O–H groups in total. The van der Waals surface area contributed by atoms with Gasteiger partial charge in [-0.05, 0) is 31.1 Å². The molecule has 0 rings (SSSR count). The Labute approximate surface area is 342 Å². The fraction of sp³-hybridized carbons (Fsp3) is 0.939. The molecule has 0 heterocycles. The highest BCUT2D eigenvalue weighted by molar-refractivity contribution is 5.71. The van der Waals surface area contributed by atoms with Gasteiger partial charge in [0.15, 0.2) is 6.10 Å². The summed E-state index contributed by atoms with van der Waals surface area (Å²) >= 11 is 0. The molecule has 0 fully saturated rings. The minimum absolute atomic E-state index is 0.0646. The number of rotatable bonds is 43. The summed E-state index contributed by atoms with van der Waals surface area (Å²) in [6.45, 7) is 11.3. The molecule has 0 unspecified atom stereocenters. The average molecular weight is 779 g/mol. The zero-order valence-corrected chi connectivity index (χ0v) is 37.6. The molecule has 0 aromatic carbocycles. The lowest BCUT2D eigenvalue weighted by atomic mass is 10.0. The van der Waals surface area contributed by atoms with Gasteiger partial charge in [-0.2, -0.15) is 0 Å². The molecule has 0 aliphatic heterocycles. The van der Waals surface area contributed by atoms with Gasteiger partial charge in [0.05, 0.1) is 0 Å². The highest BCUT2D eigenvalue weighted by Gasteiger charge is 2.19. The number of hydrogen-bond donors (Lipinski definition) is 0. The Hall–Kier alpha value is -1.59. The molecule has 0 aliphatic rings. The molecule has 0 amide bonds. The lowest BCUT2D eigenvalue weighted by molar-refractivity contribution is -0.167. The summed E-state index contributed by atoms with van der Waals surface area (Å²) in [6, 6.07) is 0. The van der Waals surface area contributed by atoms with Crippen LogP contribution in [0.5, 0.6) is 0 Å². The van der Waals surface area contributed by atoms with Gasteiger partial charge in [-0.3, -0.25) is 14.4 Å². The van der Waals surface area contributed by atoms with Crippen molar-refractivity contribution in [2.45, 2.75) is 272 Å². The Kier molecular flexibility index (Phi) is 40.8.